The van der Waals surface area contributed by atoms with Gasteiger partial charge in [0.25, 0.3) is 5.91 Å². The van der Waals surface area contributed by atoms with E-state index in [-0.39, 0.29) is 24.1 Å². The number of fused-ring (bicyclic) bond motifs is 1. The van der Waals surface area contributed by atoms with Crippen LogP contribution in [0.4, 0.5) is 15.9 Å². The van der Waals surface area contributed by atoms with Crippen molar-refractivity contribution in [2.75, 3.05) is 10.6 Å². The van der Waals surface area contributed by atoms with Crippen LogP contribution in [-0.2, 0) is 11.2 Å². The highest BCUT2D eigenvalue weighted by molar-refractivity contribution is 7.20. The molecule has 0 aliphatic heterocycles. The number of aromatic nitrogens is 2. The predicted molar refractivity (Wildman–Crippen MR) is 117 cm³/mol. The Morgan fingerprint density at radius 2 is 1.77 bits per heavy atom. The van der Waals surface area contributed by atoms with Crippen LogP contribution in [0.1, 0.15) is 15.2 Å². The molecule has 4 aromatic rings. The number of benzene rings is 2. The van der Waals surface area contributed by atoms with Crippen LogP contribution in [-0.4, -0.2) is 22.0 Å². The molecule has 3 N–H and O–H groups in total. The first kappa shape index (κ1) is 20.3. The number of nitrogens with one attached hydrogen (secondary N) is 3. The maximum absolute atomic E-state index is 13.0. The largest absolute Gasteiger partial charge is 0.319 e. The van der Waals surface area contributed by atoms with Crippen LogP contribution in [0.5, 0.6) is 0 Å². The molecular formula is C20H13Cl2FN4O2S. The minimum atomic E-state index is -0.386. The molecule has 0 radical (unpaired) electrons. The fourth-order valence-electron chi connectivity index (χ4n) is 2.78. The minimum Gasteiger partial charge on any atom is -0.319 e. The van der Waals surface area contributed by atoms with Crippen LogP contribution in [0.25, 0.3) is 10.2 Å². The first-order valence-corrected chi connectivity index (χ1v) is 10.3. The number of anilines is 2. The molecule has 152 valence electrons. The normalized spacial score (nSPS) is 10.9. The Labute approximate surface area is 184 Å². The molecule has 0 fully saturated rings. The van der Waals surface area contributed by atoms with Gasteiger partial charge in [0.15, 0.2) is 5.82 Å². The van der Waals surface area contributed by atoms with E-state index in [0.29, 0.717) is 42.2 Å². The number of hydrogen-bond donors (Lipinski definition) is 3. The van der Waals surface area contributed by atoms with Gasteiger partial charge in [0.05, 0.1) is 32.4 Å². The first-order chi connectivity index (χ1) is 14.4. The average molecular weight is 463 g/mol. The Balaban J connectivity index is 1.50. The molecule has 2 aromatic heterocycles. The highest BCUT2D eigenvalue weighted by Crippen LogP contribution is 2.33. The summed E-state index contributed by atoms with van der Waals surface area (Å²) in [6.45, 7) is 0. The van der Waals surface area contributed by atoms with Gasteiger partial charge in [0.1, 0.15) is 10.6 Å². The number of carbonyl (C=O) groups excluding carboxylic acids is 2. The molecule has 0 saturated carbocycles. The van der Waals surface area contributed by atoms with Gasteiger partial charge in [-0.15, -0.1) is 11.3 Å². The standard InChI is InChI=1S/C20H13Cl2FN4O2S/c21-13-2-1-3-14(22)17(13)25-19(29)15-9-12-18(26-27-20(12)30-15)24-16(28)8-10-4-6-11(23)7-5-10/h1-7,9H,8H2,(H,25,29)(H2,24,26,27,28). The number of aromatic amines is 1. The van der Waals surface area contributed by atoms with Crippen molar-refractivity contribution in [3.05, 3.63) is 74.8 Å². The molecule has 0 spiro atoms. The number of amides is 2. The number of halogens is 3. The molecule has 2 amide bonds. The molecule has 6 nitrogen and oxygen atoms in total. The lowest BCUT2D eigenvalue weighted by Gasteiger charge is -2.07. The van der Waals surface area contributed by atoms with Crippen molar-refractivity contribution in [3.63, 3.8) is 0 Å². The number of para-hydroxylation sites is 1. The molecule has 0 aliphatic carbocycles. The maximum atomic E-state index is 13.0. The van der Waals surface area contributed by atoms with Crippen molar-refractivity contribution in [2.24, 2.45) is 0 Å². The zero-order chi connectivity index (χ0) is 21.3. The first-order valence-electron chi connectivity index (χ1n) is 8.68. The van der Waals surface area contributed by atoms with Crippen LogP contribution in [0.2, 0.25) is 10.0 Å². The topological polar surface area (TPSA) is 86.9 Å². The summed E-state index contributed by atoms with van der Waals surface area (Å²) < 4.78 is 13.0. The van der Waals surface area contributed by atoms with Gasteiger partial charge in [-0.05, 0) is 35.9 Å². The molecule has 0 aliphatic rings. The predicted octanol–water partition coefficient (Wildman–Crippen LogP) is 5.50. The van der Waals surface area contributed by atoms with Crippen molar-refractivity contribution in [1.29, 1.82) is 0 Å². The van der Waals surface area contributed by atoms with E-state index >= 15 is 0 Å². The number of H-pyrrole nitrogens is 1. The third kappa shape index (κ3) is 4.30. The second kappa shape index (κ2) is 8.43. The fourth-order valence-corrected chi connectivity index (χ4v) is 4.17. The summed E-state index contributed by atoms with van der Waals surface area (Å²) in [5, 5.41) is 13.5. The van der Waals surface area contributed by atoms with Gasteiger partial charge in [-0.1, -0.05) is 41.4 Å². The van der Waals surface area contributed by atoms with Crippen LogP contribution in [0.15, 0.2) is 48.5 Å². The van der Waals surface area contributed by atoms with Crippen molar-refractivity contribution in [2.45, 2.75) is 6.42 Å². The van der Waals surface area contributed by atoms with Gasteiger partial charge in [-0.2, -0.15) is 5.10 Å². The Kier molecular flexibility index (Phi) is 5.72. The fraction of sp³-hybridized carbons (Fsp3) is 0.0500. The average Bonchev–Trinajstić information content (AvgIpc) is 3.29. The Morgan fingerprint density at radius 1 is 1.07 bits per heavy atom. The SMILES string of the molecule is O=C(Cc1ccc(F)cc1)Nc1n[nH]c2sc(C(=O)Nc3c(Cl)cccc3Cl)cc12. The number of thiophene rings is 1. The lowest BCUT2D eigenvalue weighted by Crippen LogP contribution is -2.15. The molecule has 2 aromatic carbocycles. The maximum Gasteiger partial charge on any atom is 0.265 e. The van der Waals surface area contributed by atoms with E-state index in [2.05, 4.69) is 20.8 Å². The Morgan fingerprint density at radius 3 is 2.47 bits per heavy atom. The Hall–Kier alpha value is -2.94. The number of nitrogens with zero attached hydrogens (tertiary/aromatic N) is 1. The van der Waals surface area contributed by atoms with E-state index in [9.17, 15) is 14.0 Å². The van der Waals surface area contributed by atoms with Gasteiger partial charge in [0, 0.05) is 0 Å². The minimum absolute atomic E-state index is 0.0666. The summed E-state index contributed by atoms with van der Waals surface area (Å²) in [6, 6.07) is 12.2. The molecule has 0 saturated heterocycles. The molecule has 0 bridgehead atoms. The van der Waals surface area contributed by atoms with Crippen molar-refractivity contribution < 1.29 is 14.0 Å². The van der Waals surface area contributed by atoms with E-state index in [0.717, 1.165) is 0 Å². The summed E-state index contributed by atoms with van der Waals surface area (Å²) in [4.78, 5) is 25.9. The highest BCUT2D eigenvalue weighted by Gasteiger charge is 2.18. The van der Waals surface area contributed by atoms with Crippen LogP contribution in [0, 0.1) is 5.82 Å². The monoisotopic (exact) mass is 462 g/mol. The molecule has 0 unspecified atom stereocenters. The van der Waals surface area contributed by atoms with Gasteiger partial charge in [0.2, 0.25) is 5.91 Å². The van der Waals surface area contributed by atoms with E-state index in [1.54, 1.807) is 36.4 Å². The summed E-state index contributed by atoms with van der Waals surface area (Å²) >= 11 is 13.4. The zero-order valence-electron chi connectivity index (χ0n) is 15.1. The zero-order valence-corrected chi connectivity index (χ0v) is 17.5. The van der Waals surface area contributed by atoms with Gasteiger partial charge < -0.3 is 10.6 Å². The molecular weight excluding hydrogens is 450 g/mol. The molecule has 10 heteroatoms. The number of carbonyl (C=O) groups is 2. The Bertz CT molecular complexity index is 1230. The van der Waals surface area contributed by atoms with Gasteiger partial charge in [-0.25, -0.2) is 4.39 Å². The third-order valence-corrected chi connectivity index (χ3v) is 5.89. The second-order valence-corrected chi connectivity index (χ2v) is 8.19. The van der Waals surface area contributed by atoms with E-state index in [1.165, 1.54) is 23.5 Å². The molecule has 4 rings (SSSR count). The van der Waals surface area contributed by atoms with Crippen molar-refractivity contribution in [3.8, 4) is 0 Å². The lowest BCUT2D eigenvalue weighted by molar-refractivity contribution is -0.115. The number of rotatable bonds is 5. The molecule has 2 heterocycles. The van der Waals surface area contributed by atoms with Crippen molar-refractivity contribution >= 4 is 68.1 Å². The van der Waals surface area contributed by atoms with Gasteiger partial charge >= 0.3 is 0 Å². The highest BCUT2D eigenvalue weighted by atomic mass is 35.5. The molecule has 30 heavy (non-hydrogen) atoms. The van der Waals surface area contributed by atoms with Crippen LogP contribution >= 0.6 is 34.5 Å². The smallest absolute Gasteiger partial charge is 0.265 e. The summed E-state index contributed by atoms with van der Waals surface area (Å²) in [7, 11) is 0. The van der Waals surface area contributed by atoms with E-state index in [1.807, 2.05) is 0 Å². The van der Waals surface area contributed by atoms with Crippen molar-refractivity contribution in [1.82, 2.24) is 10.2 Å². The third-order valence-electron chi connectivity index (χ3n) is 4.22. The lowest BCUT2D eigenvalue weighted by atomic mass is 10.1. The van der Waals surface area contributed by atoms with Crippen LogP contribution in [0.3, 0.4) is 0 Å². The van der Waals surface area contributed by atoms with Crippen LogP contribution < -0.4 is 10.6 Å². The summed E-state index contributed by atoms with van der Waals surface area (Å²) in [5.74, 6) is -0.753. The quantitative estimate of drug-likeness (QED) is 0.365. The van der Waals surface area contributed by atoms with E-state index in [4.69, 9.17) is 23.2 Å². The van der Waals surface area contributed by atoms with E-state index < -0.39 is 0 Å². The molecule has 0 atom stereocenters. The second-order valence-electron chi connectivity index (χ2n) is 6.33. The number of hydrogen-bond acceptors (Lipinski definition) is 4. The summed E-state index contributed by atoms with van der Waals surface area (Å²) in [6.07, 6.45) is 0.0666. The summed E-state index contributed by atoms with van der Waals surface area (Å²) in [5.41, 5.74) is 0.997. The van der Waals surface area contributed by atoms with Gasteiger partial charge in [-0.3, -0.25) is 14.7 Å².